The molecular formula is C40H49N7O5S. The molecule has 280 valence electrons. The fourth-order valence-electron chi connectivity index (χ4n) is 7.75. The van der Waals surface area contributed by atoms with Crippen molar-refractivity contribution in [2.45, 2.75) is 90.2 Å². The molecule has 0 saturated heterocycles. The number of nitrogens with one attached hydrogen (secondary N) is 1. The second-order valence-electron chi connectivity index (χ2n) is 16.1. The summed E-state index contributed by atoms with van der Waals surface area (Å²) in [7, 11) is -2.49. The second-order valence-corrected chi connectivity index (χ2v) is 17.8. The van der Waals surface area contributed by atoms with Crippen LogP contribution in [0.4, 0.5) is 11.8 Å². The lowest BCUT2D eigenvalue weighted by molar-refractivity contribution is 0.0509. The van der Waals surface area contributed by atoms with Gasteiger partial charge in [-0.3, -0.25) is 9.78 Å². The van der Waals surface area contributed by atoms with Gasteiger partial charge in [0.1, 0.15) is 12.4 Å². The van der Waals surface area contributed by atoms with Crippen LogP contribution in [0.15, 0.2) is 65.8 Å². The Hall–Kier alpha value is -4.62. The van der Waals surface area contributed by atoms with Gasteiger partial charge in [0, 0.05) is 36.9 Å². The first-order valence-corrected chi connectivity index (χ1v) is 19.8. The normalized spacial score (nSPS) is 19.2. The standard InChI is InChI=1S/C40H49N7O5S/c1-26-9-7-10-27(2)36(26)33-18-35-44-38(43-33)45-53(49,50)32-12-8-11-28(17-32)37(48)47(31(25-52-35)19-39(3,4)5)24-29-22-41-23-34(42-29)46(15-16-51-6)30-20-40(21-30)13-14-40/h7-12,17-18,22-23,30-31H,13-16,19-21,24-25H2,1-6H3,(H,43,44,45)/t31-/m1/s1. The van der Waals surface area contributed by atoms with Crippen molar-refractivity contribution < 1.29 is 22.7 Å². The van der Waals surface area contributed by atoms with Crippen LogP contribution in [0, 0.1) is 24.7 Å². The van der Waals surface area contributed by atoms with E-state index in [0.717, 1.165) is 35.3 Å². The molecule has 13 heteroatoms. The molecule has 1 amide bonds. The molecule has 0 unspecified atom stereocenters. The van der Waals surface area contributed by atoms with Crippen molar-refractivity contribution in [3.05, 3.63) is 83.3 Å². The highest BCUT2D eigenvalue weighted by molar-refractivity contribution is 7.92. The number of rotatable bonds is 9. The van der Waals surface area contributed by atoms with Gasteiger partial charge in [0.05, 0.1) is 47.9 Å². The highest BCUT2D eigenvalue weighted by Gasteiger charge is 2.54. The second kappa shape index (κ2) is 14.3. The van der Waals surface area contributed by atoms with E-state index in [1.165, 1.54) is 25.0 Å². The Morgan fingerprint density at radius 3 is 2.45 bits per heavy atom. The van der Waals surface area contributed by atoms with E-state index in [1.807, 2.05) is 32.0 Å². The Kier molecular flexibility index (Phi) is 9.92. The number of carbonyl (C=O) groups is 1. The summed E-state index contributed by atoms with van der Waals surface area (Å²) >= 11 is 0. The van der Waals surface area contributed by atoms with E-state index < -0.39 is 16.1 Å². The largest absolute Gasteiger partial charge is 0.475 e. The maximum absolute atomic E-state index is 14.7. The quantitative estimate of drug-likeness (QED) is 0.200. The van der Waals surface area contributed by atoms with Crippen molar-refractivity contribution in [3.8, 4) is 17.1 Å². The fraction of sp³-hybridized carbons (Fsp3) is 0.475. The average Bonchev–Trinajstić information content (AvgIpc) is 3.90. The number of fused-ring (bicyclic) bond motifs is 4. The van der Waals surface area contributed by atoms with E-state index in [9.17, 15) is 13.2 Å². The minimum absolute atomic E-state index is 0.0806. The summed E-state index contributed by atoms with van der Waals surface area (Å²) in [6, 6.07) is 13.7. The molecule has 2 aliphatic carbocycles. The molecule has 1 atom stereocenters. The molecular weight excluding hydrogens is 691 g/mol. The van der Waals surface area contributed by atoms with Crippen LogP contribution in [0.3, 0.4) is 0 Å². The SMILES string of the molecule is COCCN(c1cncc(CN2C(=O)c3cccc(c3)S(=O)(=O)Nc3nc(cc(-c4c(C)cccc4C)n3)OC[C@H]2CC(C)(C)C)n1)C1CC2(CC2)C1. The number of benzene rings is 2. The minimum atomic E-state index is -4.19. The lowest BCUT2D eigenvalue weighted by atomic mass is 9.76. The van der Waals surface area contributed by atoms with Gasteiger partial charge in [0.2, 0.25) is 11.8 Å². The highest BCUT2D eigenvalue weighted by Crippen LogP contribution is 2.62. The molecule has 4 bridgehead atoms. The molecule has 4 aromatic rings. The molecule has 0 radical (unpaired) electrons. The monoisotopic (exact) mass is 739 g/mol. The van der Waals surface area contributed by atoms with E-state index in [0.29, 0.717) is 42.4 Å². The van der Waals surface area contributed by atoms with E-state index in [4.69, 9.17) is 14.5 Å². The summed E-state index contributed by atoms with van der Waals surface area (Å²) < 4.78 is 42.1. The van der Waals surface area contributed by atoms with E-state index in [2.05, 4.69) is 45.3 Å². The van der Waals surface area contributed by atoms with Crippen molar-refractivity contribution in [1.29, 1.82) is 0 Å². The number of methoxy groups -OCH3 is 1. The number of carbonyl (C=O) groups excluding carboxylic acids is 1. The van der Waals surface area contributed by atoms with Crippen molar-refractivity contribution in [2.75, 3.05) is 36.5 Å². The van der Waals surface area contributed by atoms with Crippen molar-refractivity contribution in [3.63, 3.8) is 0 Å². The highest BCUT2D eigenvalue weighted by atomic mass is 32.2. The zero-order chi connectivity index (χ0) is 37.5. The number of hydrogen-bond acceptors (Lipinski definition) is 10. The van der Waals surface area contributed by atoms with Crippen LogP contribution in [0.2, 0.25) is 0 Å². The molecule has 2 aromatic carbocycles. The first-order valence-electron chi connectivity index (χ1n) is 18.3. The number of nitrogens with zero attached hydrogens (tertiary/aromatic N) is 6. The van der Waals surface area contributed by atoms with Gasteiger partial charge in [-0.15, -0.1) is 0 Å². The molecule has 1 N–H and O–H groups in total. The Morgan fingerprint density at radius 1 is 1.02 bits per heavy atom. The number of sulfonamides is 1. The first-order chi connectivity index (χ1) is 25.2. The van der Waals surface area contributed by atoms with Crippen LogP contribution in [-0.4, -0.2) is 78.1 Å². The summed E-state index contributed by atoms with van der Waals surface area (Å²) in [5, 5.41) is 0. The van der Waals surface area contributed by atoms with Gasteiger partial charge < -0.3 is 19.3 Å². The van der Waals surface area contributed by atoms with E-state index >= 15 is 0 Å². The third-order valence-corrected chi connectivity index (χ3v) is 11.9. The van der Waals surface area contributed by atoms with Crippen molar-refractivity contribution in [2.24, 2.45) is 10.8 Å². The maximum atomic E-state index is 14.7. The number of hydrogen-bond donors (Lipinski definition) is 1. The third-order valence-electron chi connectivity index (χ3n) is 10.6. The maximum Gasteiger partial charge on any atom is 0.264 e. The van der Waals surface area contributed by atoms with Gasteiger partial charge in [0.15, 0.2) is 0 Å². The summed E-state index contributed by atoms with van der Waals surface area (Å²) in [5.74, 6) is 0.488. The molecule has 1 spiro atoms. The third kappa shape index (κ3) is 8.16. The Morgan fingerprint density at radius 2 is 1.75 bits per heavy atom. The van der Waals surface area contributed by atoms with Crippen LogP contribution in [-0.2, 0) is 21.3 Å². The zero-order valence-corrected chi connectivity index (χ0v) is 32.2. The summed E-state index contributed by atoms with van der Waals surface area (Å²) in [6.07, 6.45) is 8.93. The number of ether oxygens (including phenoxy) is 2. The molecule has 7 rings (SSSR count). The summed E-state index contributed by atoms with van der Waals surface area (Å²) in [6.45, 7) is 11.8. The van der Waals surface area contributed by atoms with Crippen LogP contribution in [0.25, 0.3) is 11.3 Å². The molecule has 2 fully saturated rings. The Bertz CT molecular complexity index is 2090. The van der Waals surface area contributed by atoms with Crippen LogP contribution in [0.5, 0.6) is 5.88 Å². The van der Waals surface area contributed by atoms with Gasteiger partial charge in [-0.2, -0.15) is 4.98 Å². The van der Waals surface area contributed by atoms with Gasteiger partial charge in [0.25, 0.3) is 15.9 Å². The van der Waals surface area contributed by atoms with Gasteiger partial charge in [-0.05, 0) is 86.1 Å². The molecule has 3 aliphatic rings. The first kappa shape index (κ1) is 36.7. The molecule has 2 aromatic heterocycles. The molecule has 12 nitrogen and oxygen atoms in total. The smallest absolute Gasteiger partial charge is 0.264 e. The zero-order valence-electron chi connectivity index (χ0n) is 31.4. The summed E-state index contributed by atoms with van der Waals surface area (Å²) in [4.78, 5) is 37.5. The van der Waals surface area contributed by atoms with E-state index in [1.54, 1.807) is 42.6 Å². The van der Waals surface area contributed by atoms with Crippen LogP contribution in [0.1, 0.15) is 80.1 Å². The topological polar surface area (TPSA) is 140 Å². The van der Waals surface area contributed by atoms with Crippen LogP contribution >= 0.6 is 0 Å². The van der Waals surface area contributed by atoms with Crippen molar-refractivity contribution >= 4 is 27.7 Å². The molecule has 53 heavy (non-hydrogen) atoms. The average molecular weight is 740 g/mol. The predicted octanol–water partition coefficient (Wildman–Crippen LogP) is 6.59. The molecule has 3 heterocycles. The van der Waals surface area contributed by atoms with Crippen LogP contribution < -0.4 is 14.4 Å². The number of amides is 1. The predicted molar refractivity (Wildman–Crippen MR) is 203 cm³/mol. The summed E-state index contributed by atoms with van der Waals surface area (Å²) in [5.41, 5.74) is 4.49. The lowest BCUT2D eigenvalue weighted by Gasteiger charge is -2.44. The number of aryl methyl sites for hydroxylation is 2. The van der Waals surface area contributed by atoms with Gasteiger partial charge in [-0.25, -0.2) is 23.1 Å². The molecule has 1 aliphatic heterocycles. The van der Waals surface area contributed by atoms with Gasteiger partial charge in [-0.1, -0.05) is 45.0 Å². The van der Waals surface area contributed by atoms with Gasteiger partial charge >= 0.3 is 0 Å². The Balaban J connectivity index is 1.29. The minimum Gasteiger partial charge on any atom is -0.475 e. The molecule has 2 saturated carbocycles. The fourth-order valence-corrected chi connectivity index (χ4v) is 8.74. The van der Waals surface area contributed by atoms with Crippen molar-refractivity contribution in [1.82, 2.24) is 24.8 Å². The number of aromatic nitrogens is 4. The lowest BCUT2D eigenvalue weighted by Crippen LogP contribution is -2.48. The Labute approximate surface area is 312 Å². The number of anilines is 2. The van der Waals surface area contributed by atoms with E-state index in [-0.39, 0.29) is 46.8 Å².